The van der Waals surface area contributed by atoms with Crippen molar-refractivity contribution in [1.82, 2.24) is 9.97 Å². The Morgan fingerprint density at radius 3 is 2.57 bits per heavy atom. The van der Waals surface area contributed by atoms with E-state index < -0.39 is 5.97 Å². The van der Waals surface area contributed by atoms with Crippen molar-refractivity contribution in [3.05, 3.63) is 29.4 Å². The molecule has 0 amide bonds. The highest BCUT2D eigenvalue weighted by Crippen LogP contribution is 2.23. The van der Waals surface area contributed by atoms with Crippen molar-refractivity contribution in [2.75, 3.05) is 41.7 Å². The zero-order valence-electron chi connectivity index (χ0n) is 11.3. The molecule has 0 saturated carbocycles. The predicted octanol–water partition coefficient (Wildman–Crippen LogP) is 1.15. The topological polar surface area (TPSA) is 95.6 Å². The fraction of sp³-hybridized carbons (Fsp3) is 0.308. The fourth-order valence-corrected chi connectivity index (χ4v) is 3.01. The number of hydrogen-bond donors (Lipinski definition) is 2. The number of nitrogen functional groups attached to an aromatic ring is 1. The second-order valence-electron chi connectivity index (χ2n) is 4.72. The molecule has 1 saturated heterocycles. The molecule has 2 aromatic heterocycles. The number of anilines is 3. The Labute approximate surface area is 125 Å². The van der Waals surface area contributed by atoms with Gasteiger partial charge in [-0.2, -0.15) is 0 Å². The molecule has 0 aromatic carbocycles. The van der Waals surface area contributed by atoms with Crippen LogP contribution in [0.15, 0.2) is 23.8 Å². The Bertz CT molecular complexity index is 638. The molecule has 110 valence electrons. The third kappa shape index (κ3) is 2.75. The van der Waals surface area contributed by atoms with Crippen molar-refractivity contribution < 1.29 is 9.90 Å². The summed E-state index contributed by atoms with van der Waals surface area (Å²) >= 11 is 1.62. The Hall–Kier alpha value is -2.35. The van der Waals surface area contributed by atoms with Gasteiger partial charge in [-0.1, -0.05) is 0 Å². The van der Waals surface area contributed by atoms with Crippen LogP contribution in [0, 0.1) is 0 Å². The molecule has 21 heavy (non-hydrogen) atoms. The van der Waals surface area contributed by atoms with Gasteiger partial charge in [-0.3, -0.25) is 0 Å². The summed E-state index contributed by atoms with van der Waals surface area (Å²) in [5, 5.41) is 12.1. The van der Waals surface area contributed by atoms with Gasteiger partial charge in [-0.05, 0) is 6.07 Å². The Morgan fingerprint density at radius 2 is 1.95 bits per heavy atom. The van der Waals surface area contributed by atoms with Crippen LogP contribution in [0.4, 0.5) is 16.6 Å². The predicted molar refractivity (Wildman–Crippen MR) is 82.1 cm³/mol. The summed E-state index contributed by atoms with van der Waals surface area (Å²) < 4.78 is 0. The highest BCUT2D eigenvalue weighted by Gasteiger charge is 2.21. The maximum absolute atomic E-state index is 11.1. The molecule has 3 rings (SSSR count). The van der Waals surface area contributed by atoms with Crippen molar-refractivity contribution in [2.45, 2.75) is 0 Å². The zero-order valence-corrected chi connectivity index (χ0v) is 12.1. The summed E-state index contributed by atoms with van der Waals surface area (Å²) in [6, 6.07) is 1.54. The summed E-state index contributed by atoms with van der Waals surface area (Å²) in [6.07, 6.45) is 3.21. The number of pyridine rings is 1. The smallest absolute Gasteiger partial charge is 0.337 e. The van der Waals surface area contributed by atoms with E-state index in [1.807, 2.05) is 5.38 Å². The van der Waals surface area contributed by atoms with Crippen LogP contribution < -0.4 is 15.5 Å². The lowest BCUT2D eigenvalue weighted by Gasteiger charge is -2.35. The van der Waals surface area contributed by atoms with E-state index in [0.29, 0.717) is 5.82 Å². The number of piperazine rings is 1. The van der Waals surface area contributed by atoms with E-state index >= 15 is 0 Å². The first-order chi connectivity index (χ1) is 10.1. The average molecular weight is 305 g/mol. The average Bonchev–Trinajstić information content (AvgIpc) is 3.02. The minimum atomic E-state index is -1.03. The Morgan fingerprint density at radius 1 is 1.24 bits per heavy atom. The number of thiazole rings is 1. The van der Waals surface area contributed by atoms with Crippen LogP contribution in [0.3, 0.4) is 0 Å². The number of carbonyl (C=O) groups is 1. The molecular formula is C13H15N5O2S. The van der Waals surface area contributed by atoms with E-state index in [4.69, 9.17) is 10.8 Å². The van der Waals surface area contributed by atoms with E-state index in [0.717, 1.165) is 31.3 Å². The van der Waals surface area contributed by atoms with Gasteiger partial charge in [0.15, 0.2) is 5.13 Å². The molecule has 1 fully saturated rings. The highest BCUT2D eigenvalue weighted by molar-refractivity contribution is 7.13. The number of hydrogen-bond acceptors (Lipinski definition) is 7. The van der Waals surface area contributed by atoms with Crippen LogP contribution in [0.1, 0.15) is 10.4 Å². The van der Waals surface area contributed by atoms with E-state index in [1.165, 1.54) is 12.3 Å². The third-order valence-electron chi connectivity index (χ3n) is 3.44. The monoisotopic (exact) mass is 305 g/mol. The first-order valence-corrected chi connectivity index (χ1v) is 7.41. The summed E-state index contributed by atoms with van der Waals surface area (Å²) in [7, 11) is 0. The van der Waals surface area contributed by atoms with Gasteiger partial charge in [0.2, 0.25) is 0 Å². The minimum Gasteiger partial charge on any atom is -0.478 e. The molecule has 0 radical (unpaired) electrons. The number of aromatic carboxylic acids is 1. The van der Waals surface area contributed by atoms with Crippen molar-refractivity contribution in [2.24, 2.45) is 0 Å². The molecular weight excluding hydrogens is 290 g/mol. The van der Waals surface area contributed by atoms with Crippen LogP contribution in [0.2, 0.25) is 0 Å². The quantitative estimate of drug-likeness (QED) is 0.878. The van der Waals surface area contributed by atoms with Gasteiger partial charge in [0, 0.05) is 37.8 Å². The second-order valence-corrected chi connectivity index (χ2v) is 5.60. The van der Waals surface area contributed by atoms with E-state index in [9.17, 15) is 4.79 Å². The number of nitrogens with two attached hydrogens (primary N) is 1. The van der Waals surface area contributed by atoms with E-state index in [1.54, 1.807) is 17.5 Å². The van der Waals surface area contributed by atoms with Crippen LogP contribution in [-0.2, 0) is 0 Å². The van der Waals surface area contributed by atoms with Gasteiger partial charge in [0.05, 0.1) is 17.4 Å². The van der Waals surface area contributed by atoms with E-state index in [2.05, 4.69) is 19.8 Å². The van der Waals surface area contributed by atoms with Crippen molar-refractivity contribution in [3.63, 3.8) is 0 Å². The maximum Gasteiger partial charge on any atom is 0.337 e. The molecule has 3 heterocycles. The fourth-order valence-electron chi connectivity index (χ4n) is 2.31. The van der Waals surface area contributed by atoms with Gasteiger partial charge in [0.25, 0.3) is 0 Å². The molecule has 0 spiro atoms. The molecule has 1 aliphatic heterocycles. The normalized spacial score (nSPS) is 15.2. The van der Waals surface area contributed by atoms with Crippen molar-refractivity contribution >= 4 is 33.9 Å². The van der Waals surface area contributed by atoms with Crippen molar-refractivity contribution in [1.29, 1.82) is 0 Å². The molecule has 0 aliphatic carbocycles. The summed E-state index contributed by atoms with van der Waals surface area (Å²) in [5.74, 6) is -0.377. The molecule has 0 bridgehead atoms. The second kappa shape index (κ2) is 5.57. The molecule has 3 N–H and O–H groups in total. The summed E-state index contributed by atoms with van der Waals surface area (Å²) in [4.78, 5) is 23.9. The third-order valence-corrected chi connectivity index (χ3v) is 4.28. The van der Waals surface area contributed by atoms with E-state index in [-0.39, 0.29) is 11.3 Å². The molecule has 1 aliphatic rings. The lowest BCUT2D eigenvalue weighted by Crippen LogP contribution is -2.46. The van der Waals surface area contributed by atoms with Gasteiger partial charge in [-0.25, -0.2) is 14.8 Å². The lowest BCUT2D eigenvalue weighted by atomic mass is 10.2. The van der Waals surface area contributed by atoms with Crippen molar-refractivity contribution in [3.8, 4) is 0 Å². The van der Waals surface area contributed by atoms with Gasteiger partial charge < -0.3 is 20.6 Å². The largest absolute Gasteiger partial charge is 0.478 e. The van der Waals surface area contributed by atoms with Gasteiger partial charge in [-0.15, -0.1) is 11.3 Å². The van der Waals surface area contributed by atoms with Gasteiger partial charge >= 0.3 is 5.97 Å². The number of nitrogens with zero attached hydrogens (tertiary/aromatic N) is 4. The first kappa shape index (κ1) is 13.6. The molecule has 0 atom stereocenters. The minimum absolute atomic E-state index is 0.0994. The zero-order chi connectivity index (χ0) is 14.8. The van der Waals surface area contributed by atoms with Crippen LogP contribution in [0.25, 0.3) is 0 Å². The van der Waals surface area contributed by atoms with Gasteiger partial charge in [0.1, 0.15) is 5.82 Å². The number of carboxylic acids is 1. The van der Waals surface area contributed by atoms with Crippen LogP contribution in [-0.4, -0.2) is 47.2 Å². The van der Waals surface area contributed by atoms with Crippen LogP contribution in [0.5, 0.6) is 0 Å². The molecule has 8 heteroatoms. The molecule has 0 unspecified atom stereocenters. The molecule has 7 nitrogen and oxygen atoms in total. The Balaban J connectivity index is 1.72. The SMILES string of the molecule is Nc1cnc(N2CCN(c3nccs3)CC2)cc1C(=O)O. The highest BCUT2D eigenvalue weighted by atomic mass is 32.1. The number of aromatic nitrogens is 2. The maximum atomic E-state index is 11.1. The van der Waals surface area contributed by atoms with Crippen LogP contribution >= 0.6 is 11.3 Å². The lowest BCUT2D eigenvalue weighted by molar-refractivity contribution is 0.0698. The summed E-state index contributed by atoms with van der Waals surface area (Å²) in [6.45, 7) is 3.22. The summed E-state index contributed by atoms with van der Waals surface area (Å²) in [5.41, 5.74) is 5.92. The standard InChI is InChI=1S/C13H15N5O2S/c14-10-8-16-11(7-9(10)12(19)20)17-2-4-18(5-3-17)13-15-1-6-21-13/h1,6-8H,2-5,14H2,(H,19,20). The Kier molecular flexibility index (Phi) is 3.61. The number of carboxylic acid groups (broad SMARTS) is 1. The number of rotatable bonds is 3. The molecule has 2 aromatic rings. The first-order valence-electron chi connectivity index (χ1n) is 6.53.